The van der Waals surface area contributed by atoms with Gasteiger partial charge in [0.05, 0.1) is 5.52 Å². The quantitative estimate of drug-likeness (QED) is 0.745. The van der Waals surface area contributed by atoms with E-state index in [-0.39, 0.29) is 5.91 Å². The van der Waals surface area contributed by atoms with Gasteiger partial charge in [0.25, 0.3) is 5.91 Å². The third-order valence-corrected chi connectivity index (χ3v) is 3.01. The van der Waals surface area contributed by atoms with Crippen molar-refractivity contribution in [2.45, 2.75) is 6.54 Å². The highest BCUT2D eigenvalue weighted by Gasteiger charge is 2.12. The Morgan fingerprint density at radius 2 is 2.00 bits per heavy atom. The van der Waals surface area contributed by atoms with E-state index in [1.807, 2.05) is 53.4 Å². The third-order valence-electron chi connectivity index (χ3n) is 3.01. The number of carbonyl (C=O) groups is 1. The highest BCUT2D eigenvalue weighted by atomic mass is 16.1. The first-order valence-corrected chi connectivity index (χ1v) is 6.16. The number of benzene rings is 1. The number of para-hydroxylation sites is 1. The maximum atomic E-state index is 12.0. The molecule has 2 N–H and O–H groups in total. The van der Waals surface area contributed by atoms with Gasteiger partial charge >= 0.3 is 0 Å². The topological polar surface area (TPSA) is 62.7 Å². The number of hydrogen-bond donors (Lipinski definition) is 2. The lowest BCUT2D eigenvalue weighted by atomic mass is 10.2. The van der Waals surface area contributed by atoms with Crippen LogP contribution in [0.1, 0.15) is 10.5 Å². The maximum Gasteiger partial charge on any atom is 0.272 e. The molecule has 0 bridgehead atoms. The van der Waals surface area contributed by atoms with E-state index in [1.165, 1.54) is 0 Å². The summed E-state index contributed by atoms with van der Waals surface area (Å²) < 4.78 is 2.02. The zero-order chi connectivity index (χ0) is 13.1. The van der Waals surface area contributed by atoms with Gasteiger partial charge in [-0.15, -0.1) is 0 Å². The minimum absolute atomic E-state index is 0.149. The molecule has 0 aliphatic heterocycles. The molecule has 0 spiro atoms. The summed E-state index contributed by atoms with van der Waals surface area (Å²) in [5, 5.41) is 10.6. The number of aromatic nitrogens is 3. The Bertz CT molecular complexity index is 684. The molecule has 0 aliphatic carbocycles. The van der Waals surface area contributed by atoms with Gasteiger partial charge in [-0.2, -0.15) is 5.10 Å². The second kappa shape index (κ2) is 4.97. The fourth-order valence-electron chi connectivity index (χ4n) is 2.04. The van der Waals surface area contributed by atoms with Crippen LogP contribution in [0.4, 0.5) is 0 Å². The Hall–Kier alpha value is -2.56. The molecule has 19 heavy (non-hydrogen) atoms. The molecule has 0 radical (unpaired) electrons. The second-order valence-corrected chi connectivity index (χ2v) is 4.29. The van der Waals surface area contributed by atoms with E-state index in [9.17, 15) is 4.79 Å². The van der Waals surface area contributed by atoms with Gasteiger partial charge in [0, 0.05) is 30.9 Å². The normalized spacial score (nSPS) is 10.7. The van der Waals surface area contributed by atoms with Gasteiger partial charge in [-0.25, -0.2) is 0 Å². The lowest BCUT2D eigenvalue weighted by Crippen LogP contribution is -2.27. The van der Waals surface area contributed by atoms with Gasteiger partial charge in [0.2, 0.25) is 0 Å². The first-order chi connectivity index (χ1) is 9.34. The highest BCUT2D eigenvalue weighted by Crippen LogP contribution is 2.14. The average Bonchev–Trinajstić information content (AvgIpc) is 3.07. The van der Waals surface area contributed by atoms with Gasteiger partial charge in [0.15, 0.2) is 5.69 Å². The molecule has 1 aromatic carbocycles. The van der Waals surface area contributed by atoms with Crippen LogP contribution in [0.5, 0.6) is 0 Å². The molecule has 96 valence electrons. The van der Waals surface area contributed by atoms with Crippen molar-refractivity contribution in [1.82, 2.24) is 20.1 Å². The molecule has 1 amide bonds. The largest absolute Gasteiger partial charge is 0.353 e. The number of carbonyl (C=O) groups excluding carboxylic acids is 1. The van der Waals surface area contributed by atoms with E-state index in [1.54, 1.807) is 0 Å². The van der Waals surface area contributed by atoms with E-state index in [2.05, 4.69) is 15.5 Å². The molecule has 0 saturated heterocycles. The minimum atomic E-state index is -0.149. The summed E-state index contributed by atoms with van der Waals surface area (Å²) in [4.78, 5) is 12.0. The van der Waals surface area contributed by atoms with Crippen molar-refractivity contribution in [2.75, 3.05) is 6.54 Å². The second-order valence-electron chi connectivity index (χ2n) is 4.29. The van der Waals surface area contributed by atoms with Gasteiger partial charge in [0.1, 0.15) is 0 Å². The Kier molecular flexibility index (Phi) is 3.02. The zero-order valence-corrected chi connectivity index (χ0v) is 10.3. The van der Waals surface area contributed by atoms with Crippen molar-refractivity contribution in [2.24, 2.45) is 0 Å². The Labute approximate surface area is 110 Å². The van der Waals surface area contributed by atoms with Crippen molar-refractivity contribution in [3.63, 3.8) is 0 Å². The van der Waals surface area contributed by atoms with E-state index in [0.717, 1.165) is 17.4 Å². The predicted molar refractivity (Wildman–Crippen MR) is 72.9 cm³/mol. The van der Waals surface area contributed by atoms with Crippen LogP contribution in [0.25, 0.3) is 10.9 Å². The first-order valence-electron chi connectivity index (χ1n) is 6.16. The standard InChI is InChI=1S/C14H14N4O/c19-14(15-7-10-18-8-3-4-9-18)13-11-5-1-2-6-12(11)16-17-13/h1-6,8-9H,7,10H2,(H,15,19)(H,16,17). The van der Waals surface area contributed by atoms with Gasteiger partial charge < -0.3 is 9.88 Å². The molecule has 0 atom stereocenters. The maximum absolute atomic E-state index is 12.0. The highest BCUT2D eigenvalue weighted by molar-refractivity contribution is 6.04. The monoisotopic (exact) mass is 254 g/mol. The van der Waals surface area contributed by atoms with E-state index in [4.69, 9.17) is 0 Å². The van der Waals surface area contributed by atoms with Crippen LogP contribution < -0.4 is 5.32 Å². The Morgan fingerprint density at radius 1 is 1.21 bits per heavy atom. The lowest BCUT2D eigenvalue weighted by molar-refractivity contribution is 0.0949. The van der Waals surface area contributed by atoms with Crippen molar-refractivity contribution in [3.05, 3.63) is 54.5 Å². The number of fused-ring (bicyclic) bond motifs is 1. The third kappa shape index (κ3) is 2.35. The summed E-state index contributed by atoms with van der Waals surface area (Å²) in [7, 11) is 0. The van der Waals surface area contributed by atoms with Gasteiger partial charge in [-0.3, -0.25) is 9.89 Å². The Balaban J connectivity index is 1.67. The number of aromatic amines is 1. The molecule has 0 fully saturated rings. The smallest absolute Gasteiger partial charge is 0.272 e. The zero-order valence-electron chi connectivity index (χ0n) is 10.3. The van der Waals surface area contributed by atoms with Crippen LogP contribution in [0.3, 0.4) is 0 Å². The summed E-state index contributed by atoms with van der Waals surface area (Å²) >= 11 is 0. The van der Waals surface area contributed by atoms with E-state index >= 15 is 0 Å². The number of nitrogens with one attached hydrogen (secondary N) is 2. The van der Waals surface area contributed by atoms with Crippen LogP contribution in [0, 0.1) is 0 Å². The van der Waals surface area contributed by atoms with Crippen molar-refractivity contribution in [3.8, 4) is 0 Å². The molecule has 3 rings (SSSR count). The van der Waals surface area contributed by atoms with Crippen LogP contribution in [-0.4, -0.2) is 27.2 Å². The van der Waals surface area contributed by atoms with Crippen LogP contribution in [-0.2, 0) is 6.54 Å². The molecule has 0 aliphatic rings. The molecule has 5 nitrogen and oxygen atoms in total. The molecule has 3 aromatic rings. The summed E-state index contributed by atoms with van der Waals surface area (Å²) in [5.74, 6) is -0.149. The van der Waals surface area contributed by atoms with Gasteiger partial charge in [-0.1, -0.05) is 18.2 Å². The van der Waals surface area contributed by atoms with Crippen molar-refractivity contribution in [1.29, 1.82) is 0 Å². The number of nitrogens with zero attached hydrogens (tertiary/aromatic N) is 2. The number of H-pyrrole nitrogens is 1. The van der Waals surface area contributed by atoms with E-state index in [0.29, 0.717) is 12.2 Å². The SMILES string of the molecule is O=C(NCCn1cccc1)c1n[nH]c2ccccc12. The number of hydrogen-bond acceptors (Lipinski definition) is 2. The fourth-order valence-corrected chi connectivity index (χ4v) is 2.04. The van der Waals surface area contributed by atoms with Crippen LogP contribution in [0.15, 0.2) is 48.8 Å². The lowest BCUT2D eigenvalue weighted by Gasteiger charge is -2.04. The van der Waals surface area contributed by atoms with Crippen molar-refractivity contribution < 1.29 is 4.79 Å². The fraction of sp³-hybridized carbons (Fsp3) is 0.143. The minimum Gasteiger partial charge on any atom is -0.353 e. The van der Waals surface area contributed by atoms with Gasteiger partial charge in [-0.05, 0) is 18.2 Å². The summed E-state index contributed by atoms with van der Waals surface area (Å²) in [6.45, 7) is 1.33. The summed E-state index contributed by atoms with van der Waals surface area (Å²) in [5.41, 5.74) is 1.32. The average molecular weight is 254 g/mol. The molecule has 2 aromatic heterocycles. The van der Waals surface area contributed by atoms with Crippen LogP contribution >= 0.6 is 0 Å². The van der Waals surface area contributed by atoms with E-state index < -0.39 is 0 Å². The molecular formula is C14H14N4O. The molecule has 0 saturated carbocycles. The molecule has 0 unspecified atom stereocenters. The number of rotatable bonds is 4. The first kappa shape index (κ1) is 11.5. The van der Waals surface area contributed by atoms with Crippen LogP contribution in [0.2, 0.25) is 0 Å². The predicted octanol–water partition coefficient (Wildman–Crippen LogP) is 1.79. The number of amides is 1. The van der Waals surface area contributed by atoms with Crippen molar-refractivity contribution >= 4 is 16.8 Å². The summed E-state index contributed by atoms with van der Waals surface area (Å²) in [6, 6.07) is 11.5. The molecule has 5 heteroatoms. The Morgan fingerprint density at radius 3 is 2.84 bits per heavy atom. The molecule has 2 heterocycles. The summed E-state index contributed by atoms with van der Waals surface area (Å²) in [6.07, 6.45) is 3.94. The molecular weight excluding hydrogens is 240 g/mol.